The number of carbonyl (C=O) groups is 2. The molecule has 0 radical (unpaired) electrons. The summed E-state index contributed by atoms with van der Waals surface area (Å²) in [5, 5.41) is 6.80. The molecule has 0 aliphatic rings. The molecule has 20 heavy (non-hydrogen) atoms. The monoisotopic (exact) mass is 283 g/mol. The largest absolute Gasteiger partial charge is 0.469 e. The number of H-pyrrole nitrogens is 1. The molecule has 0 aliphatic carbocycles. The van der Waals surface area contributed by atoms with Crippen LogP contribution in [0.4, 0.5) is 0 Å². The Kier molecular flexibility index (Phi) is 6.17. The average molecular weight is 283 g/mol. The minimum absolute atomic E-state index is 0.155. The third-order valence-electron chi connectivity index (χ3n) is 3.01. The molecule has 0 bridgehead atoms. The zero-order valence-corrected chi connectivity index (χ0v) is 12.4. The Labute approximate surface area is 118 Å². The molecule has 7 heteroatoms. The summed E-state index contributed by atoms with van der Waals surface area (Å²) in [7, 11) is 2.89. The first-order valence-corrected chi connectivity index (χ1v) is 6.37. The zero-order valence-electron chi connectivity index (χ0n) is 12.4. The summed E-state index contributed by atoms with van der Waals surface area (Å²) in [4.78, 5) is 25.3. The number of nitrogens with one attached hydrogen (secondary N) is 1. The van der Waals surface area contributed by atoms with Gasteiger partial charge in [-0.25, -0.2) is 0 Å². The molecule has 112 valence electrons. The highest BCUT2D eigenvalue weighted by molar-refractivity contribution is 5.96. The number of nitrogens with zero attached hydrogens (tertiary/aromatic N) is 2. The average Bonchev–Trinajstić information content (AvgIpc) is 2.77. The molecular formula is C13H21N3O4. The first kappa shape index (κ1) is 16.2. The standard InChI is InChI=1S/C13H21N3O4/c1-9-12(10(2)15-14-9)13(18)16(7-8-19-3)6-5-11(17)20-4/h5-8H2,1-4H3,(H,14,15). The SMILES string of the molecule is COCCN(CCC(=O)OC)C(=O)c1c(C)n[nH]c1C. The van der Waals surface area contributed by atoms with E-state index >= 15 is 0 Å². The van der Waals surface area contributed by atoms with Crippen LogP contribution >= 0.6 is 0 Å². The molecule has 1 N–H and O–H groups in total. The Hall–Kier alpha value is -1.89. The summed E-state index contributed by atoms with van der Waals surface area (Å²) >= 11 is 0. The van der Waals surface area contributed by atoms with Crippen molar-refractivity contribution in [2.75, 3.05) is 33.9 Å². The van der Waals surface area contributed by atoms with E-state index in [1.54, 1.807) is 25.9 Å². The van der Waals surface area contributed by atoms with Crippen molar-refractivity contribution in [1.29, 1.82) is 0 Å². The van der Waals surface area contributed by atoms with Gasteiger partial charge in [0.1, 0.15) is 0 Å². The van der Waals surface area contributed by atoms with Gasteiger partial charge in [0.2, 0.25) is 0 Å². The van der Waals surface area contributed by atoms with Crippen molar-refractivity contribution in [2.45, 2.75) is 20.3 Å². The van der Waals surface area contributed by atoms with Crippen LogP contribution in [0, 0.1) is 13.8 Å². The Morgan fingerprint density at radius 1 is 1.25 bits per heavy atom. The van der Waals surface area contributed by atoms with Crippen LogP contribution in [-0.4, -0.2) is 60.9 Å². The van der Waals surface area contributed by atoms with Crippen molar-refractivity contribution < 1.29 is 19.1 Å². The maximum atomic E-state index is 12.5. The fourth-order valence-corrected chi connectivity index (χ4v) is 1.87. The highest BCUT2D eigenvalue weighted by atomic mass is 16.5. The van der Waals surface area contributed by atoms with Crippen LogP contribution in [0.5, 0.6) is 0 Å². The van der Waals surface area contributed by atoms with Gasteiger partial charge in [-0.2, -0.15) is 5.10 Å². The minimum atomic E-state index is -0.346. The van der Waals surface area contributed by atoms with Crippen molar-refractivity contribution in [3.05, 3.63) is 17.0 Å². The van der Waals surface area contributed by atoms with Gasteiger partial charge in [0.05, 0.1) is 31.4 Å². The number of carbonyl (C=O) groups excluding carboxylic acids is 2. The summed E-state index contributed by atoms with van der Waals surface area (Å²) < 4.78 is 9.60. The van der Waals surface area contributed by atoms with Gasteiger partial charge >= 0.3 is 5.97 Å². The van der Waals surface area contributed by atoms with Crippen molar-refractivity contribution in [3.63, 3.8) is 0 Å². The van der Waals surface area contributed by atoms with Crippen LogP contribution < -0.4 is 0 Å². The van der Waals surface area contributed by atoms with E-state index in [9.17, 15) is 9.59 Å². The molecule has 0 atom stereocenters. The van der Waals surface area contributed by atoms with Crippen molar-refractivity contribution in [1.82, 2.24) is 15.1 Å². The molecule has 1 aromatic heterocycles. The van der Waals surface area contributed by atoms with Crippen molar-refractivity contribution >= 4 is 11.9 Å². The number of ether oxygens (including phenoxy) is 2. The first-order valence-electron chi connectivity index (χ1n) is 6.37. The Morgan fingerprint density at radius 3 is 2.45 bits per heavy atom. The molecule has 1 rings (SSSR count). The van der Waals surface area contributed by atoms with E-state index in [2.05, 4.69) is 14.9 Å². The molecule has 0 unspecified atom stereocenters. The van der Waals surface area contributed by atoms with Crippen LogP contribution in [0.1, 0.15) is 28.2 Å². The van der Waals surface area contributed by atoms with Crippen molar-refractivity contribution in [3.8, 4) is 0 Å². The van der Waals surface area contributed by atoms with Crippen LogP contribution in [0.2, 0.25) is 0 Å². The quantitative estimate of drug-likeness (QED) is 0.744. The Bertz CT molecular complexity index is 451. The van der Waals surface area contributed by atoms with Crippen LogP contribution in [0.3, 0.4) is 0 Å². The maximum absolute atomic E-state index is 12.5. The number of aromatic nitrogens is 2. The number of esters is 1. The second-order valence-electron chi connectivity index (χ2n) is 4.42. The van der Waals surface area contributed by atoms with Gasteiger partial charge in [-0.15, -0.1) is 0 Å². The minimum Gasteiger partial charge on any atom is -0.469 e. The fraction of sp³-hybridized carbons (Fsp3) is 0.615. The third-order valence-corrected chi connectivity index (χ3v) is 3.01. The molecular weight excluding hydrogens is 262 g/mol. The molecule has 0 fully saturated rings. The van der Waals surface area contributed by atoms with Crippen molar-refractivity contribution in [2.24, 2.45) is 0 Å². The van der Waals surface area contributed by atoms with Gasteiger partial charge in [0.25, 0.3) is 5.91 Å². The normalized spacial score (nSPS) is 10.4. The summed E-state index contributed by atoms with van der Waals surface area (Å²) in [6.45, 7) is 4.67. The summed E-state index contributed by atoms with van der Waals surface area (Å²) in [6.07, 6.45) is 0.155. The molecule has 0 saturated heterocycles. The van der Waals surface area contributed by atoms with E-state index in [-0.39, 0.29) is 18.3 Å². The predicted octanol–water partition coefficient (Wildman–Crippen LogP) is 0.678. The fourth-order valence-electron chi connectivity index (χ4n) is 1.87. The van der Waals surface area contributed by atoms with E-state index in [1.807, 2.05) is 0 Å². The lowest BCUT2D eigenvalue weighted by Crippen LogP contribution is -2.36. The molecule has 0 saturated carbocycles. The lowest BCUT2D eigenvalue weighted by molar-refractivity contribution is -0.140. The van der Waals surface area contributed by atoms with Gasteiger partial charge in [-0.1, -0.05) is 0 Å². The summed E-state index contributed by atoms with van der Waals surface area (Å²) in [5.41, 5.74) is 1.91. The first-order chi connectivity index (χ1) is 9.51. The summed E-state index contributed by atoms with van der Waals surface area (Å²) in [5.74, 6) is -0.504. The van der Waals surface area contributed by atoms with Gasteiger partial charge in [-0.05, 0) is 13.8 Å². The molecule has 0 aromatic carbocycles. The number of aryl methyl sites for hydroxylation is 2. The highest BCUT2D eigenvalue weighted by Crippen LogP contribution is 2.13. The predicted molar refractivity (Wildman–Crippen MR) is 72.5 cm³/mol. The summed E-state index contributed by atoms with van der Waals surface area (Å²) in [6, 6.07) is 0. The van der Waals surface area contributed by atoms with E-state index in [1.165, 1.54) is 7.11 Å². The van der Waals surface area contributed by atoms with Gasteiger partial charge < -0.3 is 14.4 Å². The molecule has 0 aliphatic heterocycles. The van der Waals surface area contributed by atoms with Crippen LogP contribution in [0.15, 0.2) is 0 Å². The van der Waals surface area contributed by atoms with E-state index < -0.39 is 0 Å². The highest BCUT2D eigenvalue weighted by Gasteiger charge is 2.22. The Balaban J connectivity index is 2.81. The maximum Gasteiger partial charge on any atom is 0.307 e. The molecule has 1 aromatic rings. The number of aromatic amines is 1. The topological polar surface area (TPSA) is 84.5 Å². The Morgan fingerprint density at radius 2 is 1.95 bits per heavy atom. The lowest BCUT2D eigenvalue weighted by atomic mass is 10.1. The van der Waals surface area contributed by atoms with Crippen LogP contribution in [-0.2, 0) is 14.3 Å². The van der Waals surface area contributed by atoms with Crippen LogP contribution in [0.25, 0.3) is 0 Å². The molecule has 0 spiro atoms. The number of methoxy groups -OCH3 is 2. The third kappa shape index (κ3) is 4.06. The number of amides is 1. The zero-order chi connectivity index (χ0) is 15.1. The van der Waals surface area contributed by atoms with E-state index in [0.717, 1.165) is 0 Å². The molecule has 1 heterocycles. The number of hydrogen-bond donors (Lipinski definition) is 1. The van der Waals surface area contributed by atoms with Gasteiger partial charge in [0.15, 0.2) is 0 Å². The second-order valence-corrected chi connectivity index (χ2v) is 4.42. The number of hydrogen-bond acceptors (Lipinski definition) is 5. The van der Waals surface area contributed by atoms with E-state index in [4.69, 9.17) is 4.74 Å². The lowest BCUT2D eigenvalue weighted by Gasteiger charge is -2.22. The molecule has 1 amide bonds. The van der Waals surface area contributed by atoms with Gasteiger partial charge in [0, 0.05) is 25.9 Å². The second kappa shape index (κ2) is 7.64. The smallest absolute Gasteiger partial charge is 0.307 e. The number of rotatable bonds is 7. The van der Waals surface area contributed by atoms with Gasteiger partial charge in [-0.3, -0.25) is 14.7 Å². The molecule has 7 nitrogen and oxygen atoms in total. The van der Waals surface area contributed by atoms with E-state index in [0.29, 0.717) is 36.6 Å².